The molecule has 2 aromatic carbocycles. The van der Waals surface area contributed by atoms with Crippen molar-refractivity contribution in [3.63, 3.8) is 0 Å². The van der Waals surface area contributed by atoms with Gasteiger partial charge in [-0.3, -0.25) is 4.79 Å². The highest BCUT2D eigenvalue weighted by atomic mass is 19.1. The molecular weight excluding hydrogens is 557 g/mol. The van der Waals surface area contributed by atoms with Gasteiger partial charge in [-0.1, -0.05) is 6.58 Å². The lowest BCUT2D eigenvalue weighted by atomic mass is 10.1. The van der Waals surface area contributed by atoms with Crippen LogP contribution in [0, 0.1) is 5.82 Å². The average molecular weight is 584 g/mol. The number of fused-ring (bicyclic) bond motifs is 1. The standard InChI is InChI=1S/C30H26FN7O5/c1-4-29(39)37-15-20(16-37)42-26-12-21-24(13-25(26)41-3)33-17-34-30(21)35-23-7-5-18(11-22(23)31)43-28-9-10-38(36-28)27-8-6-19(40-2)14-32-27/h4-14,17,20H,1,15-16H2,2-3H3,(H,33,34,35). The first-order chi connectivity index (χ1) is 20.9. The third kappa shape index (κ3) is 5.73. The Hall–Kier alpha value is -5.72. The quantitative estimate of drug-likeness (QED) is 0.232. The third-order valence-corrected chi connectivity index (χ3v) is 6.72. The van der Waals surface area contributed by atoms with Gasteiger partial charge in [0, 0.05) is 29.8 Å². The molecule has 0 aliphatic carbocycles. The second kappa shape index (κ2) is 11.6. The Morgan fingerprint density at radius 3 is 2.58 bits per heavy atom. The molecule has 1 amide bonds. The minimum absolute atomic E-state index is 0.149. The molecule has 1 N–H and O–H groups in total. The molecule has 12 nitrogen and oxygen atoms in total. The number of benzene rings is 2. The number of hydrogen-bond donors (Lipinski definition) is 1. The van der Waals surface area contributed by atoms with Crippen LogP contribution in [0.5, 0.6) is 28.9 Å². The number of pyridine rings is 1. The van der Waals surface area contributed by atoms with Crippen molar-refractivity contribution in [1.82, 2.24) is 29.6 Å². The van der Waals surface area contributed by atoms with Gasteiger partial charge in [-0.25, -0.2) is 24.0 Å². The van der Waals surface area contributed by atoms with Gasteiger partial charge in [-0.15, -0.1) is 5.10 Å². The van der Waals surface area contributed by atoms with Gasteiger partial charge in [-0.2, -0.15) is 0 Å². The number of nitrogens with one attached hydrogen (secondary N) is 1. The first kappa shape index (κ1) is 27.4. The summed E-state index contributed by atoms with van der Waals surface area (Å²) in [6.07, 6.45) is 5.71. The van der Waals surface area contributed by atoms with Gasteiger partial charge in [0.25, 0.3) is 0 Å². The number of methoxy groups -OCH3 is 2. The zero-order valence-electron chi connectivity index (χ0n) is 23.2. The summed E-state index contributed by atoms with van der Waals surface area (Å²) in [5.41, 5.74) is 0.747. The molecule has 4 heterocycles. The minimum atomic E-state index is -0.563. The Labute approximate surface area is 245 Å². The number of amides is 1. The molecule has 6 rings (SSSR count). The molecule has 218 valence electrons. The van der Waals surface area contributed by atoms with Gasteiger partial charge < -0.3 is 29.2 Å². The normalized spacial score (nSPS) is 12.9. The van der Waals surface area contributed by atoms with E-state index in [1.165, 1.54) is 30.3 Å². The number of carbonyl (C=O) groups excluding carboxylic acids is 1. The van der Waals surface area contributed by atoms with Crippen molar-refractivity contribution >= 4 is 28.3 Å². The molecule has 1 saturated heterocycles. The number of hydrogen-bond acceptors (Lipinski definition) is 10. The van der Waals surface area contributed by atoms with Gasteiger partial charge in [-0.05, 0) is 36.4 Å². The topological polar surface area (TPSA) is 126 Å². The third-order valence-electron chi connectivity index (χ3n) is 6.72. The van der Waals surface area contributed by atoms with Crippen molar-refractivity contribution in [3.05, 3.63) is 85.7 Å². The predicted octanol–water partition coefficient (Wildman–Crippen LogP) is 4.68. The summed E-state index contributed by atoms with van der Waals surface area (Å²) in [4.78, 5) is 26.3. The van der Waals surface area contributed by atoms with E-state index >= 15 is 4.39 Å². The van der Waals surface area contributed by atoms with Crippen LogP contribution < -0.4 is 24.3 Å². The molecule has 1 fully saturated rings. The number of carbonyl (C=O) groups is 1. The lowest BCUT2D eigenvalue weighted by molar-refractivity contribution is -0.134. The zero-order chi connectivity index (χ0) is 29.9. The average Bonchev–Trinajstić information content (AvgIpc) is 3.48. The second-order valence-electron chi connectivity index (χ2n) is 9.45. The number of rotatable bonds is 10. The fourth-order valence-electron chi connectivity index (χ4n) is 4.44. The van der Waals surface area contributed by atoms with Crippen LogP contribution in [0.3, 0.4) is 0 Å². The van der Waals surface area contributed by atoms with E-state index in [1.54, 1.807) is 66.9 Å². The smallest absolute Gasteiger partial charge is 0.246 e. The maximum atomic E-state index is 15.2. The van der Waals surface area contributed by atoms with E-state index in [-0.39, 0.29) is 29.3 Å². The summed E-state index contributed by atoms with van der Waals surface area (Å²) in [6.45, 7) is 4.37. The van der Waals surface area contributed by atoms with E-state index in [0.29, 0.717) is 52.9 Å². The fourth-order valence-corrected chi connectivity index (χ4v) is 4.44. The molecule has 0 saturated carbocycles. The first-order valence-electron chi connectivity index (χ1n) is 13.2. The highest BCUT2D eigenvalue weighted by Gasteiger charge is 2.31. The summed E-state index contributed by atoms with van der Waals surface area (Å²) in [7, 11) is 3.09. The zero-order valence-corrected chi connectivity index (χ0v) is 23.2. The number of likely N-dealkylation sites (tertiary alicyclic amines) is 1. The molecular formula is C30H26FN7O5. The molecule has 0 unspecified atom stereocenters. The molecule has 0 spiro atoms. The first-order valence-corrected chi connectivity index (χ1v) is 13.2. The van der Waals surface area contributed by atoms with Crippen molar-refractivity contribution in [2.45, 2.75) is 6.10 Å². The van der Waals surface area contributed by atoms with Crippen LogP contribution in [0.2, 0.25) is 0 Å². The largest absolute Gasteiger partial charge is 0.495 e. The lowest BCUT2D eigenvalue weighted by Gasteiger charge is -2.38. The molecule has 5 aromatic rings. The minimum Gasteiger partial charge on any atom is -0.495 e. The Kier molecular flexibility index (Phi) is 7.43. The molecule has 1 aliphatic heterocycles. The summed E-state index contributed by atoms with van der Waals surface area (Å²) >= 11 is 0. The summed E-state index contributed by atoms with van der Waals surface area (Å²) < 4.78 is 39.3. The fraction of sp³-hybridized carbons (Fsp3) is 0.167. The number of aromatic nitrogens is 5. The Bertz CT molecular complexity index is 1810. The highest BCUT2D eigenvalue weighted by Crippen LogP contribution is 2.37. The molecule has 1 aliphatic rings. The van der Waals surface area contributed by atoms with Crippen LogP contribution >= 0.6 is 0 Å². The van der Waals surface area contributed by atoms with Crippen LogP contribution in [-0.2, 0) is 4.79 Å². The van der Waals surface area contributed by atoms with E-state index in [4.69, 9.17) is 18.9 Å². The maximum Gasteiger partial charge on any atom is 0.246 e. The molecule has 0 atom stereocenters. The van der Waals surface area contributed by atoms with E-state index in [9.17, 15) is 4.79 Å². The van der Waals surface area contributed by atoms with Crippen molar-refractivity contribution in [2.24, 2.45) is 0 Å². The van der Waals surface area contributed by atoms with Crippen LogP contribution in [0.15, 0.2) is 79.9 Å². The van der Waals surface area contributed by atoms with Gasteiger partial charge in [0.15, 0.2) is 17.3 Å². The number of nitrogens with zero attached hydrogens (tertiary/aromatic N) is 6. The van der Waals surface area contributed by atoms with Crippen molar-refractivity contribution in [1.29, 1.82) is 0 Å². The van der Waals surface area contributed by atoms with Crippen molar-refractivity contribution in [2.75, 3.05) is 32.6 Å². The second-order valence-corrected chi connectivity index (χ2v) is 9.45. The van der Waals surface area contributed by atoms with Crippen LogP contribution in [0.25, 0.3) is 16.7 Å². The van der Waals surface area contributed by atoms with E-state index in [1.807, 2.05) is 0 Å². The molecule has 0 radical (unpaired) electrons. The number of halogens is 1. The van der Waals surface area contributed by atoms with Gasteiger partial charge in [0.2, 0.25) is 11.8 Å². The van der Waals surface area contributed by atoms with Crippen LogP contribution in [-0.4, -0.2) is 69.0 Å². The lowest BCUT2D eigenvalue weighted by Crippen LogP contribution is -2.55. The van der Waals surface area contributed by atoms with E-state index < -0.39 is 5.82 Å². The summed E-state index contributed by atoms with van der Waals surface area (Å²) in [5.74, 6) is 2.31. The Morgan fingerprint density at radius 1 is 1.02 bits per heavy atom. The molecule has 13 heteroatoms. The summed E-state index contributed by atoms with van der Waals surface area (Å²) in [5, 5.41) is 7.97. The van der Waals surface area contributed by atoms with E-state index in [0.717, 1.165) is 0 Å². The molecule has 3 aromatic heterocycles. The van der Waals surface area contributed by atoms with E-state index in [2.05, 4.69) is 31.9 Å². The number of ether oxygens (including phenoxy) is 4. The molecule has 43 heavy (non-hydrogen) atoms. The molecule has 0 bridgehead atoms. The van der Waals surface area contributed by atoms with Crippen LogP contribution in [0.1, 0.15) is 0 Å². The SMILES string of the molecule is C=CC(=O)N1CC(Oc2cc3c(Nc4ccc(Oc5ccn(-c6ccc(OC)cn6)n5)cc4F)ncnc3cc2OC)C1. The van der Waals surface area contributed by atoms with Crippen molar-refractivity contribution in [3.8, 4) is 34.7 Å². The van der Waals surface area contributed by atoms with Crippen molar-refractivity contribution < 1.29 is 28.1 Å². The number of anilines is 2. The van der Waals surface area contributed by atoms with Gasteiger partial charge in [0.1, 0.15) is 35.6 Å². The van der Waals surface area contributed by atoms with Gasteiger partial charge >= 0.3 is 0 Å². The predicted molar refractivity (Wildman–Crippen MR) is 155 cm³/mol. The van der Waals surface area contributed by atoms with Gasteiger partial charge in [0.05, 0.1) is 44.7 Å². The Balaban J connectivity index is 1.18. The highest BCUT2D eigenvalue weighted by molar-refractivity contribution is 5.93. The maximum absolute atomic E-state index is 15.2. The van der Waals surface area contributed by atoms with Crippen LogP contribution in [0.4, 0.5) is 15.9 Å². The Morgan fingerprint density at radius 2 is 1.86 bits per heavy atom. The summed E-state index contributed by atoms with van der Waals surface area (Å²) in [6, 6.07) is 13.0. The monoisotopic (exact) mass is 583 g/mol.